The van der Waals surface area contributed by atoms with E-state index in [9.17, 15) is 9.59 Å². The van der Waals surface area contributed by atoms with Crippen LogP contribution in [0.15, 0.2) is 53.9 Å². The number of hydrogen-bond donors (Lipinski definition) is 2. The molecule has 0 saturated heterocycles. The van der Waals surface area contributed by atoms with Gasteiger partial charge in [0.15, 0.2) is 5.13 Å². The SMILES string of the molecule is CSCCC(NC(=O)c1ccccc1Cl)C(=O)Nc1nc(-c2ccc(Cl)cc2)cs1. The van der Waals surface area contributed by atoms with Crippen LogP contribution in [-0.2, 0) is 4.79 Å². The molecule has 3 aromatic rings. The number of nitrogens with one attached hydrogen (secondary N) is 2. The maximum atomic E-state index is 12.8. The molecule has 9 heteroatoms. The van der Waals surface area contributed by atoms with E-state index in [1.165, 1.54) is 11.3 Å². The second kappa shape index (κ2) is 10.8. The highest BCUT2D eigenvalue weighted by Gasteiger charge is 2.23. The van der Waals surface area contributed by atoms with Gasteiger partial charge in [0, 0.05) is 16.0 Å². The van der Waals surface area contributed by atoms with Gasteiger partial charge in [0.2, 0.25) is 5.91 Å². The first-order chi connectivity index (χ1) is 14.5. The minimum Gasteiger partial charge on any atom is -0.340 e. The van der Waals surface area contributed by atoms with Crippen molar-refractivity contribution >= 4 is 63.2 Å². The van der Waals surface area contributed by atoms with Crippen LogP contribution in [0.3, 0.4) is 0 Å². The molecule has 5 nitrogen and oxygen atoms in total. The standard InChI is InChI=1S/C21H19Cl2N3O2S2/c1-29-11-10-17(24-19(27)15-4-2-3-5-16(15)23)20(28)26-21-25-18(12-30-21)13-6-8-14(22)9-7-13/h2-9,12,17H,10-11H2,1H3,(H,24,27)(H,25,26,28). The average Bonchev–Trinajstić information content (AvgIpc) is 3.20. The molecule has 2 N–H and O–H groups in total. The molecule has 0 aliphatic carbocycles. The molecule has 0 fully saturated rings. The number of carbonyl (C=O) groups excluding carboxylic acids is 2. The highest BCUT2D eigenvalue weighted by Crippen LogP contribution is 2.26. The predicted molar refractivity (Wildman–Crippen MR) is 127 cm³/mol. The number of amides is 2. The van der Waals surface area contributed by atoms with E-state index in [4.69, 9.17) is 23.2 Å². The zero-order valence-electron chi connectivity index (χ0n) is 16.0. The largest absolute Gasteiger partial charge is 0.340 e. The molecule has 0 saturated carbocycles. The zero-order valence-corrected chi connectivity index (χ0v) is 19.2. The number of thiazole rings is 1. The van der Waals surface area contributed by atoms with Crippen molar-refractivity contribution in [3.05, 3.63) is 69.5 Å². The monoisotopic (exact) mass is 479 g/mol. The Morgan fingerprint density at radius 1 is 1.13 bits per heavy atom. The van der Waals surface area contributed by atoms with Crippen molar-refractivity contribution in [3.8, 4) is 11.3 Å². The van der Waals surface area contributed by atoms with E-state index >= 15 is 0 Å². The van der Waals surface area contributed by atoms with Crippen molar-refractivity contribution in [1.29, 1.82) is 0 Å². The Balaban J connectivity index is 1.70. The fourth-order valence-electron chi connectivity index (χ4n) is 2.66. The van der Waals surface area contributed by atoms with Crippen molar-refractivity contribution in [1.82, 2.24) is 10.3 Å². The summed E-state index contributed by atoms with van der Waals surface area (Å²) in [5, 5.41) is 8.91. The molecule has 30 heavy (non-hydrogen) atoms. The minimum absolute atomic E-state index is 0.318. The molecule has 2 aromatic carbocycles. The van der Waals surface area contributed by atoms with Gasteiger partial charge in [-0.05, 0) is 42.7 Å². The molecule has 1 heterocycles. The van der Waals surface area contributed by atoms with Crippen LogP contribution in [0.1, 0.15) is 16.8 Å². The maximum Gasteiger partial charge on any atom is 0.253 e. The summed E-state index contributed by atoms with van der Waals surface area (Å²) in [6.45, 7) is 0. The number of halogens is 2. The molecule has 1 atom stereocenters. The molecule has 1 unspecified atom stereocenters. The van der Waals surface area contributed by atoms with Gasteiger partial charge in [0.25, 0.3) is 5.91 Å². The Morgan fingerprint density at radius 3 is 2.57 bits per heavy atom. The first-order valence-corrected chi connectivity index (χ1v) is 12.1. The molecular weight excluding hydrogens is 461 g/mol. The second-order valence-corrected chi connectivity index (χ2v) is 9.01. The lowest BCUT2D eigenvalue weighted by molar-refractivity contribution is -0.118. The quantitative estimate of drug-likeness (QED) is 0.440. The molecule has 156 valence electrons. The first-order valence-electron chi connectivity index (χ1n) is 9.04. The molecule has 1 aromatic heterocycles. The number of carbonyl (C=O) groups is 2. The molecule has 0 aliphatic heterocycles. The van der Waals surface area contributed by atoms with Crippen LogP contribution in [0.4, 0.5) is 5.13 Å². The van der Waals surface area contributed by atoms with E-state index in [0.717, 1.165) is 17.0 Å². The number of nitrogens with zero attached hydrogens (tertiary/aromatic N) is 1. The fourth-order valence-corrected chi connectivity index (χ4v) is 4.20. The van der Waals surface area contributed by atoms with E-state index in [1.807, 2.05) is 23.8 Å². The third-order valence-electron chi connectivity index (χ3n) is 4.23. The molecular formula is C21H19Cl2N3O2S2. The van der Waals surface area contributed by atoms with Gasteiger partial charge in [0.1, 0.15) is 6.04 Å². The van der Waals surface area contributed by atoms with Crippen molar-refractivity contribution in [2.24, 2.45) is 0 Å². The highest BCUT2D eigenvalue weighted by atomic mass is 35.5. The van der Waals surface area contributed by atoms with Crippen molar-refractivity contribution in [3.63, 3.8) is 0 Å². The third-order valence-corrected chi connectivity index (χ3v) is 6.21. The zero-order chi connectivity index (χ0) is 21.5. The summed E-state index contributed by atoms with van der Waals surface area (Å²) >= 11 is 15.0. The second-order valence-electron chi connectivity index (χ2n) is 6.32. The summed E-state index contributed by atoms with van der Waals surface area (Å²) in [6, 6.07) is 13.4. The topological polar surface area (TPSA) is 71.1 Å². The van der Waals surface area contributed by atoms with Gasteiger partial charge < -0.3 is 10.6 Å². The van der Waals surface area contributed by atoms with Gasteiger partial charge in [-0.3, -0.25) is 9.59 Å². The van der Waals surface area contributed by atoms with Crippen molar-refractivity contribution in [2.75, 3.05) is 17.3 Å². The van der Waals surface area contributed by atoms with E-state index in [-0.39, 0.29) is 11.8 Å². The molecule has 0 bridgehead atoms. The number of rotatable bonds is 8. The summed E-state index contributed by atoms with van der Waals surface area (Å²) in [5.41, 5.74) is 1.98. The Hall–Kier alpha value is -2.06. The van der Waals surface area contributed by atoms with Crippen LogP contribution in [-0.4, -0.2) is 34.8 Å². The van der Waals surface area contributed by atoms with Crippen LogP contribution in [0, 0.1) is 0 Å². The molecule has 0 radical (unpaired) electrons. The Kier molecular flexibility index (Phi) is 8.16. The number of thioether (sulfide) groups is 1. The van der Waals surface area contributed by atoms with Crippen LogP contribution in [0.5, 0.6) is 0 Å². The minimum atomic E-state index is -0.705. The van der Waals surface area contributed by atoms with Gasteiger partial charge >= 0.3 is 0 Å². The van der Waals surface area contributed by atoms with Gasteiger partial charge in [-0.15, -0.1) is 11.3 Å². The summed E-state index contributed by atoms with van der Waals surface area (Å²) in [4.78, 5) is 29.9. The van der Waals surface area contributed by atoms with Crippen molar-refractivity contribution in [2.45, 2.75) is 12.5 Å². The Morgan fingerprint density at radius 2 is 1.87 bits per heavy atom. The normalized spacial score (nSPS) is 11.7. The molecule has 0 aliphatic rings. The first kappa shape index (κ1) is 22.6. The fraction of sp³-hybridized carbons (Fsp3) is 0.190. The third kappa shape index (κ3) is 5.98. The van der Waals surface area contributed by atoms with E-state index < -0.39 is 6.04 Å². The van der Waals surface area contributed by atoms with Gasteiger partial charge in [0.05, 0.1) is 16.3 Å². The average molecular weight is 480 g/mol. The van der Waals surface area contributed by atoms with Crippen LogP contribution in [0.25, 0.3) is 11.3 Å². The van der Waals surface area contributed by atoms with Gasteiger partial charge in [-0.1, -0.05) is 47.5 Å². The number of benzene rings is 2. The Bertz CT molecular complexity index is 1030. The maximum absolute atomic E-state index is 12.8. The number of anilines is 1. The molecule has 3 rings (SSSR count). The lowest BCUT2D eigenvalue weighted by Gasteiger charge is -2.17. The van der Waals surface area contributed by atoms with Crippen LogP contribution >= 0.6 is 46.3 Å². The number of hydrogen-bond acceptors (Lipinski definition) is 5. The Labute approximate surface area is 193 Å². The van der Waals surface area contributed by atoms with Crippen molar-refractivity contribution < 1.29 is 9.59 Å². The van der Waals surface area contributed by atoms with Gasteiger partial charge in [-0.25, -0.2) is 4.98 Å². The number of aromatic nitrogens is 1. The van der Waals surface area contributed by atoms with E-state index in [2.05, 4.69) is 15.6 Å². The summed E-state index contributed by atoms with van der Waals surface area (Å²) in [6.07, 6.45) is 2.43. The molecule has 2 amide bonds. The van der Waals surface area contributed by atoms with Gasteiger partial charge in [-0.2, -0.15) is 11.8 Å². The highest BCUT2D eigenvalue weighted by molar-refractivity contribution is 7.98. The summed E-state index contributed by atoms with van der Waals surface area (Å²) in [7, 11) is 0. The summed E-state index contributed by atoms with van der Waals surface area (Å²) < 4.78 is 0. The lowest BCUT2D eigenvalue weighted by Crippen LogP contribution is -2.44. The lowest BCUT2D eigenvalue weighted by atomic mass is 10.1. The van der Waals surface area contributed by atoms with E-state index in [1.54, 1.807) is 48.2 Å². The predicted octanol–water partition coefficient (Wildman–Crippen LogP) is 5.61. The summed E-state index contributed by atoms with van der Waals surface area (Å²) in [5.74, 6) is 0.0127. The van der Waals surface area contributed by atoms with Crippen LogP contribution in [0.2, 0.25) is 10.0 Å². The van der Waals surface area contributed by atoms with Crippen LogP contribution < -0.4 is 10.6 Å². The smallest absolute Gasteiger partial charge is 0.253 e. The van der Waals surface area contributed by atoms with E-state index in [0.29, 0.717) is 27.2 Å². The molecule has 0 spiro atoms.